The molecule has 0 fully saturated rings. The molecule has 120 valence electrons. The third-order valence-corrected chi connectivity index (χ3v) is 4.59. The Morgan fingerprint density at radius 1 is 1.04 bits per heavy atom. The molecule has 3 aromatic heterocycles. The van der Waals surface area contributed by atoms with Crippen LogP contribution in [0.25, 0.3) is 11.4 Å². The van der Waals surface area contributed by atoms with E-state index in [0.29, 0.717) is 0 Å². The molecular formula is C17H16N6S. The minimum atomic E-state index is 0.806. The van der Waals surface area contributed by atoms with Gasteiger partial charge in [0, 0.05) is 35.7 Å². The molecule has 4 rings (SSSR count). The molecule has 0 unspecified atom stereocenters. The number of rotatable bonds is 6. The molecule has 0 saturated heterocycles. The van der Waals surface area contributed by atoms with Crippen LogP contribution in [-0.2, 0) is 13.1 Å². The average Bonchev–Trinajstić information content (AvgIpc) is 3.36. The van der Waals surface area contributed by atoms with Gasteiger partial charge in [-0.05, 0) is 23.8 Å². The first-order valence-corrected chi connectivity index (χ1v) is 8.47. The zero-order valence-corrected chi connectivity index (χ0v) is 13.7. The summed E-state index contributed by atoms with van der Waals surface area (Å²) >= 11 is 1.75. The molecule has 0 aliphatic carbocycles. The van der Waals surface area contributed by atoms with Gasteiger partial charge in [0.2, 0.25) is 0 Å². The summed E-state index contributed by atoms with van der Waals surface area (Å²) in [5.41, 5.74) is 3.39. The Bertz CT molecular complexity index is 895. The SMILES string of the molecule is c1cc(CNCc2cc(-n3ccnc3)cs2)cc(-n2cncn2)c1. The first kappa shape index (κ1) is 14.8. The van der Waals surface area contributed by atoms with Crippen LogP contribution in [0.1, 0.15) is 10.4 Å². The van der Waals surface area contributed by atoms with Crippen molar-refractivity contribution in [2.75, 3.05) is 0 Å². The van der Waals surface area contributed by atoms with Crippen molar-refractivity contribution in [3.05, 3.63) is 77.5 Å². The maximum absolute atomic E-state index is 4.16. The summed E-state index contributed by atoms with van der Waals surface area (Å²) in [7, 11) is 0. The lowest BCUT2D eigenvalue weighted by atomic mass is 10.2. The molecule has 7 heteroatoms. The number of aromatic nitrogens is 5. The number of nitrogens with one attached hydrogen (secondary N) is 1. The van der Waals surface area contributed by atoms with Gasteiger partial charge in [0.1, 0.15) is 12.7 Å². The maximum atomic E-state index is 4.16. The Labute approximate surface area is 143 Å². The molecule has 0 radical (unpaired) electrons. The molecule has 1 aromatic carbocycles. The summed E-state index contributed by atoms with van der Waals surface area (Å²) in [4.78, 5) is 9.36. The third kappa shape index (κ3) is 3.27. The molecule has 24 heavy (non-hydrogen) atoms. The standard InChI is InChI=1S/C17H16N6S/c1-2-14(6-15(3-1)23-13-20-11-21-23)8-19-9-17-7-16(10-24-17)22-5-4-18-12-22/h1-7,10-13,19H,8-9H2. The van der Waals surface area contributed by atoms with Gasteiger partial charge < -0.3 is 9.88 Å². The lowest BCUT2D eigenvalue weighted by Gasteiger charge is -2.06. The second-order valence-corrected chi connectivity index (χ2v) is 6.35. The minimum Gasteiger partial charge on any atom is -0.308 e. The van der Waals surface area contributed by atoms with E-state index in [1.807, 2.05) is 29.2 Å². The normalized spacial score (nSPS) is 11.0. The number of nitrogens with zero attached hydrogens (tertiary/aromatic N) is 5. The van der Waals surface area contributed by atoms with Crippen molar-refractivity contribution in [1.82, 2.24) is 29.6 Å². The summed E-state index contributed by atoms with van der Waals surface area (Å²) in [5.74, 6) is 0. The molecule has 0 saturated carbocycles. The number of thiophene rings is 1. The van der Waals surface area contributed by atoms with Gasteiger partial charge in [-0.2, -0.15) is 5.10 Å². The number of imidazole rings is 1. The molecular weight excluding hydrogens is 320 g/mol. The highest BCUT2D eigenvalue weighted by Gasteiger charge is 2.03. The zero-order chi connectivity index (χ0) is 16.2. The van der Waals surface area contributed by atoms with Gasteiger partial charge in [-0.1, -0.05) is 12.1 Å². The van der Waals surface area contributed by atoms with Crippen molar-refractivity contribution in [3.63, 3.8) is 0 Å². The maximum Gasteiger partial charge on any atom is 0.138 e. The highest BCUT2D eigenvalue weighted by Crippen LogP contribution is 2.18. The van der Waals surface area contributed by atoms with Gasteiger partial charge in [-0.25, -0.2) is 14.6 Å². The lowest BCUT2D eigenvalue weighted by Crippen LogP contribution is -2.12. The van der Waals surface area contributed by atoms with E-state index < -0.39 is 0 Å². The third-order valence-electron chi connectivity index (χ3n) is 3.66. The Kier molecular flexibility index (Phi) is 4.18. The van der Waals surface area contributed by atoms with Gasteiger partial charge in [-0.3, -0.25) is 0 Å². The fraction of sp³-hybridized carbons (Fsp3) is 0.118. The fourth-order valence-corrected chi connectivity index (χ4v) is 3.33. The Balaban J connectivity index is 1.37. The van der Waals surface area contributed by atoms with Crippen molar-refractivity contribution >= 4 is 11.3 Å². The Morgan fingerprint density at radius 2 is 2.04 bits per heavy atom. The largest absolute Gasteiger partial charge is 0.308 e. The van der Waals surface area contributed by atoms with E-state index in [1.54, 1.807) is 34.9 Å². The van der Waals surface area contributed by atoms with Crippen molar-refractivity contribution in [2.24, 2.45) is 0 Å². The van der Waals surface area contributed by atoms with Crippen LogP contribution in [0.4, 0.5) is 0 Å². The highest BCUT2D eigenvalue weighted by molar-refractivity contribution is 7.10. The van der Waals surface area contributed by atoms with Crippen molar-refractivity contribution in [2.45, 2.75) is 13.1 Å². The smallest absolute Gasteiger partial charge is 0.138 e. The average molecular weight is 336 g/mol. The second kappa shape index (κ2) is 6.77. The van der Waals surface area contributed by atoms with E-state index in [2.05, 4.69) is 44.0 Å². The molecule has 0 aliphatic heterocycles. The zero-order valence-electron chi connectivity index (χ0n) is 12.9. The van der Waals surface area contributed by atoms with E-state index >= 15 is 0 Å². The van der Waals surface area contributed by atoms with E-state index in [-0.39, 0.29) is 0 Å². The van der Waals surface area contributed by atoms with Crippen LogP contribution in [0.15, 0.2) is 67.1 Å². The summed E-state index contributed by atoms with van der Waals surface area (Å²) < 4.78 is 3.78. The first-order chi connectivity index (χ1) is 11.9. The van der Waals surface area contributed by atoms with Crippen molar-refractivity contribution < 1.29 is 0 Å². The molecule has 0 spiro atoms. The van der Waals surface area contributed by atoms with E-state index in [1.165, 1.54) is 10.4 Å². The van der Waals surface area contributed by atoms with Crippen molar-refractivity contribution in [3.8, 4) is 11.4 Å². The topological polar surface area (TPSA) is 60.6 Å². The van der Waals surface area contributed by atoms with E-state index in [4.69, 9.17) is 0 Å². The van der Waals surface area contributed by atoms with Crippen LogP contribution in [0, 0.1) is 0 Å². The van der Waals surface area contributed by atoms with Crippen LogP contribution in [0.5, 0.6) is 0 Å². The predicted molar refractivity (Wildman–Crippen MR) is 93.3 cm³/mol. The molecule has 4 aromatic rings. The number of hydrogen-bond donors (Lipinski definition) is 1. The Hall–Kier alpha value is -2.77. The number of benzene rings is 1. The summed E-state index contributed by atoms with van der Waals surface area (Å²) in [6.45, 7) is 1.65. The lowest BCUT2D eigenvalue weighted by molar-refractivity contribution is 0.699. The second-order valence-electron chi connectivity index (χ2n) is 5.35. The van der Waals surface area contributed by atoms with Crippen LogP contribution in [0.3, 0.4) is 0 Å². The summed E-state index contributed by atoms with van der Waals surface area (Å²) in [6.07, 6.45) is 8.80. The predicted octanol–water partition coefficient (Wildman–Crippen LogP) is 2.80. The van der Waals surface area contributed by atoms with Crippen LogP contribution < -0.4 is 5.32 Å². The highest BCUT2D eigenvalue weighted by atomic mass is 32.1. The molecule has 0 bridgehead atoms. The fourth-order valence-electron chi connectivity index (χ4n) is 2.49. The van der Waals surface area contributed by atoms with Gasteiger partial charge in [0.15, 0.2) is 0 Å². The minimum absolute atomic E-state index is 0.806. The molecule has 6 nitrogen and oxygen atoms in total. The molecule has 0 amide bonds. The van der Waals surface area contributed by atoms with E-state index in [0.717, 1.165) is 24.5 Å². The van der Waals surface area contributed by atoms with Crippen LogP contribution >= 0.6 is 11.3 Å². The van der Waals surface area contributed by atoms with Gasteiger partial charge >= 0.3 is 0 Å². The number of hydrogen-bond acceptors (Lipinski definition) is 5. The summed E-state index contributed by atoms with van der Waals surface area (Å²) in [6, 6.07) is 10.5. The first-order valence-electron chi connectivity index (χ1n) is 7.59. The molecule has 3 heterocycles. The van der Waals surface area contributed by atoms with Gasteiger partial charge in [0.05, 0.1) is 17.7 Å². The quantitative estimate of drug-likeness (QED) is 0.588. The summed E-state index contributed by atoms with van der Waals surface area (Å²) in [5, 5.41) is 9.79. The van der Waals surface area contributed by atoms with Crippen molar-refractivity contribution in [1.29, 1.82) is 0 Å². The molecule has 1 N–H and O–H groups in total. The molecule has 0 atom stereocenters. The molecule has 0 aliphatic rings. The van der Waals surface area contributed by atoms with Crippen LogP contribution in [0.2, 0.25) is 0 Å². The van der Waals surface area contributed by atoms with Gasteiger partial charge in [0.25, 0.3) is 0 Å². The van der Waals surface area contributed by atoms with Crippen LogP contribution in [-0.4, -0.2) is 24.3 Å². The van der Waals surface area contributed by atoms with Gasteiger partial charge in [-0.15, -0.1) is 11.3 Å². The Morgan fingerprint density at radius 3 is 2.88 bits per heavy atom. The monoisotopic (exact) mass is 336 g/mol. The van der Waals surface area contributed by atoms with E-state index in [9.17, 15) is 0 Å².